The van der Waals surface area contributed by atoms with E-state index in [-0.39, 0.29) is 11.9 Å². The number of hydrogen-bond acceptors (Lipinski definition) is 1. The van der Waals surface area contributed by atoms with Gasteiger partial charge >= 0.3 is 0 Å². The molecule has 1 aromatic carbocycles. The van der Waals surface area contributed by atoms with E-state index in [9.17, 15) is 4.79 Å². The number of rotatable bonds is 5. The Bertz CT molecular complexity index is 343. The van der Waals surface area contributed by atoms with E-state index in [2.05, 4.69) is 24.4 Å². The summed E-state index contributed by atoms with van der Waals surface area (Å²) in [5.41, 5.74) is 1.22. The van der Waals surface area contributed by atoms with Gasteiger partial charge in [-0.25, -0.2) is 0 Å². The first kappa shape index (κ1) is 11.2. The predicted molar refractivity (Wildman–Crippen MR) is 65.0 cm³/mol. The molecule has 86 valence electrons. The number of hydrogen-bond donors (Lipinski definition) is 1. The van der Waals surface area contributed by atoms with Gasteiger partial charge in [0.2, 0.25) is 5.91 Å². The lowest BCUT2D eigenvalue weighted by Crippen LogP contribution is -2.29. The molecule has 16 heavy (non-hydrogen) atoms. The molecule has 1 saturated carbocycles. The van der Waals surface area contributed by atoms with Crippen molar-refractivity contribution in [3.8, 4) is 0 Å². The summed E-state index contributed by atoms with van der Waals surface area (Å²) in [6.45, 7) is 2.15. The Kier molecular flexibility index (Phi) is 3.60. The number of carbonyl (C=O) groups is 1. The molecule has 0 radical (unpaired) electrons. The van der Waals surface area contributed by atoms with Crippen molar-refractivity contribution >= 4 is 5.91 Å². The molecule has 1 amide bonds. The average molecular weight is 217 g/mol. The molecule has 1 atom stereocenters. The van der Waals surface area contributed by atoms with Gasteiger partial charge in [0, 0.05) is 5.92 Å². The van der Waals surface area contributed by atoms with Crippen LogP contribution in [0, 0.1) is 5.92 Å². The molecule has 2 heteroatoms. The van der Waals surface area contributed by atoms with Crippen LogP contribution in [0.5, 0.6) is 0 Å². The van der Waals surface area contributed by atoms with Crippen LogP contribution >= 0.6 is 0 Å². The van der Waals surface area contributed by atoms with Gasteiger partial charge in [-0.1, -0.05) is 43.7 Å². The van der Waals surface area contributed by atoms with Gasteiger partial charge in [0.05, 0.1) is 6.04 Å². The third-order valence-corrected chi connectivity index (χ3v) is 3.04. The molecule has 0 heterocycles. The van der Waals surface area contributed by atoms with Crippen molar-refractivity contribution in [2.45, 2.75) is 38.6 Å². The molecular weight excluding hydrogens is 198 g/mol. The smallest absolute Gasteiger partial charge is 0.223 e. The molecule has 1 aliphatic rings. The van der Waals surface area contributed by atoms with Crippen molar-refractivity contribution in [3.63, 3.8) is 0 Å². The SMILES string of the molecule is CCCC(NC(=O)C1CC1)c1ccccc1. The fraction of sp³-hybridized carbons (Fsp3) is 0.500. The van der Waals surface area contributed by atoms with Crippen molar-refractivity contribution in [1.82, 2.24) is 5.32 Å². The fourth-order valence-electron chi connectivity index (χ4n) is 1.93. The standard InChI is InChI=1S/C14H19NO/c1-2-6-13(11-7-4-3-5-8-11)15-14(16)12-9-10-12/h3-5,7-8,12-13H,2,6,9-10H2,1H3,(H,15,16). The van der Waals surface area contributed by atoms with Crippen LogP contribution < -0.4 is 5.32 Å². The van der Waals surface area contributed by atoms with E-state index in [4.69, 9.17) is 0 Å². The summed E-state index contributed by atoms with van der Waals surface area (Å²) in [5, 5.41) is 3.16. The third kappa shape index (κ3) is 2.84. The molecule has 2 nitrogen and oxygen atoms in total. The first-order chi connectivity index (χ1) is 7.81. The largest absolute Gasteiger partial charge is 0.349 e. The molecule has 1 aliphatic carbocycles. The summed E-state index contributed by atoms with van der Waals surface area (Å²) in [6.07, 6.45) is 4.24. The molecule has 1 unspecified atom stereocenters. The van der Waals surface area contributed by atoms with Gasteiger partial charge in [0.25, 0.3) is 0 Å². The van der Waals surface area contributed by atoms with Gasteiger partial charge < -0.3 is 5.32 Å². The average Bonchev–Trinajstić information content (AvgIpc) is 3.13. The monoisotopic (exact) mass is 217 g/mol. The number of amides is 1. The van der Waals surface area contributed by atoms with Gasteiger partial charge in [0.1, 0.15) is 0 Å². The molecule has 0 saturated heterocycles. The predicted octanol–water partition coefficient (Wildman–Crippen LogP) is 3.05. The second-order valence-electron chi connectivity index (χ2n) is 4.53. The zero-order valence-corrected chi connectivity index (χ0v) is 9.78. The molecular formula is C14H19NO. The first-order valence-electron chi connectivity index (χ1n) is 6.16. The van der Waals surface area contributed by atoms with Crippen LogP contribution in [0.1, 0.15) is 44.2 Å². The minimum absolute atomic E-state index is 0.194. The molecule has 0 spiro atoms. The van der Waals surface area contributed by atoms with Crippen LogP contribution in [-0.4, -0.2) is 5.91 Å². The molecule has 0 aromatic heterocycles. The maximum absolute atomic E-state index is 11.8. The van der Waals surface area contributed by atoms with Crippen LogP contribution in [0.2, 0.25) is 0 Å². The molecule has 1 N–H and O–H groups in total. The molecule has 1 aromatic rings. The summed E-state index contributed by atoms with van der Waals surface area (Å²) < 4.78 is 0. The van der Waals surface area contributed by atoms with Crippen LogP contribution in [0.3, 0.4) is 0 Å². The topological polar surface area (TPSA) is 29.1 Å². The van der Waals surface area contributed by atoms with E-state index >= 15 is 0 Å². The first-order valence-corrected chi connectivity index (χ1v) is 6.16. The number of benzene rings is 1. The Morgan fingerprint density at radius 2 is 2.06 bits per heavy atom. The lowest BCUT2D eigenvalue weighted by atomic mass is 10.0. The lowest BCUT2D eigenvalue weighted by molar-refractivity contribution is -0.123. The Morgan fingerprint density at radius 3 is 2.62 bits per heavy atom. The van der Waals surface area contributed by atoms with E-state index in [0.29, 0.717) is 5.92 Å². The molecule has 2 rings (SSSR count). The van der Waals surface area contributed by atoms with Gasteiger partial charge in [-0.05, 0) is 24.8 Å². The van der Waals surface area contributed by atoms with E-state index < -0.39 is 0 Å². The zero-order valence-electron chi connectivity index (χ0n) is 9.78. The van der Waals surface area contributed by atoms with Crippen molar-refractivity contribution in [2.75, 3.05) is 0 Å². The maximum atomic E-state index is 11.8. The van der Waals surface area contributed by atoms with Crippen molar-refractivity contribution in [2.24, 2.45) is 5.92 Å². The van der Waals surface area contributed by atoms with Gasteiger partial charge in [0.15, 0.2) is 0 Å². The van der Waals surface area contributed by atoms with Crippen molar-refractivity contribution in [3.05, 3.63) is 35.9 Å². The van der Waals surface area contributed by atoms with E-state index in [1.807, 2.05) is 18.2 Å². The van der Waals surface area contributed by atoms with Crippen LogP contribution in [0.25, 0.3) is 0 Å². The quantitative estimate of drug-likeness (QED) is 0.807. The Labute approximate surface area is 97.1 Å². The van der Waals surface area contributed by atoms with Crippen molar-refractivity contribution in [1.29, 1.82) is 0 Å². The van der Waals surface area contributed by atoms with Crippen LogP contribution in [-0.2, 0) is 4.79 Å². The van der Waals surface area contributed by atoms with Gasteiger partial charge in [-0.2, -0.15) is 0 Å². The van der Waals surface area contributed by atoms with E-state index in [0.717, 1.165) is 25.7 Å². The lowest BCUT2D eigenvalue weighted by Gasteiger charge is -2.18. The number of nitrogens with one attached hydrogen (secondary N) is 1. The Hall–Kier alpha value is -1.31. The van der Waals surface area contributed by atoms with Gasteiger partial charge in [-0.15, -0.1) is 0 Å². The summed E-state index contributed by atoms with van der Waals surface area (Å²) in [6, 6.07) is 10.4. The molecule has 0 bridgehead atoms. The Balaban J connectivity index is 2.01. The number of carbonyl (C=O) groups excluding carboxylic acids is 1. The zero-order chi connectivity index (χ0) is 11.4. The molecule has 0 aliphatic heterocycles. The van der Waals surface area contributed by atoms with Crippen molar-refractivity contribution < 1.29 is 4.79 Å². The Morgan fingerprint density at radius 1 is 1.38 bits per heavy atom. The highest BCUT2D eigenvalue weighted by molar-refractivity contribution is 5.81. The maximum Gasteiger partial charge on any atom is 0.223 e. The fourth-order valence-corrected chi connectivity index (χ4v) is 1.93. The third-order valence-electron chi connectivity index (χ3n) is 3.04. The highest BCUT2D eigenvalue weighted by Gasteiger charge is 2.30. The summed E-state index contributed by atoms with van der Waals surface area (Å²) >= 11 is 0. The summed E-state index contributed by atoms with van der Waals surface area (Å²) in [4.78, 5) is 11.8. The van der Waals surface area contributed by atoms with E-state index in [1.54, 1.807) is 0 Å². The summed E-state index contributed by atoms with van der Waals surface area (Å²) in [5.74, 6) is 0.533. The molecule has 1 fully saturated rings. The van der Waals surface area contributed by atoms with Crippen LogP contribution in [0.15, 0.2) is 30.3 Å². The van der Waals surface area contributed by atoms with Gasteiger partial charge in [-0.3, -0.25) is 4.79 Å². The highest BCUT2D eigenvalue weighted by atomic mass is 16.2. The second kappa shape index (κ2) is 5.15. The minimum Gasteiger partial charge on any atom is -0.349 e. The summed E-state index contributed by atoms with van der Waals surface area (Å²) in [7, 11) is 0. The minimum atomic E-state index is 0.194. The highest BCUT2D eigenvalue weighted by Crippen LogP contribution is 2.30. The van der Waals surface area contributed by atoms with Crippen LogP contribution in [0.4, 0.5) is 0 Å². The second-order valence-corrected chi connectivity index (χ2v) is 4.53. The normalized spacial score (nSPS) is 16.8. The van der Waals surface area contributed by atoms with E-state index in [1.165, 1.54) is 5.56 Å².